The van der Waals surface area contributed by atoms with Crippen LogP contribution < -0.4 is 9.46 Å². The Morgan fingerprint density at radius 1 is 1.10 bits per heavy atom. The highest BCUT2D eigenvalue weighted by molar-refractivity contribution is 7.92. The van der Waals surface area contributed by atoms with Crippen LogP contribution in [0, 0.1) is 0 Å². The highest BCUT2D eigenvalue weighted by atomic mass is 35.5. The van der Waals surface area contributed by atoms with Gasteiger partial charge >= 0.3 is 0 Å². The van der Waals surface area contributed by atoms with Crippen molar-refractivity contribution in [1.29, 1.82) is 0 Å². The molecule has 0 aromatic heterocycles. The van der Waals surface area contributed by atoms with E-state index in [0.29, 0.717) is 18.0 Å². The SMILES string of the molecule is CCCOc1ccccc1NS(=O)(=O)c1ccccc1Cl. The third-order valence-corrected chi connectivity index (χ3v) is 4.58. The maximum Gasteiger partial charge on any atom is 0.263 e. The van der Waals surface area contributed by atoms with Crippen LogP contribution in [0.2, 0.25) is 5.02 Å². The average Bonchev–Trinajstić information content (AvgIpc) is 2.46. The standard InChI is InChI=1S/C15H16ClNO3S/c1-2-11-20-14-9-5-4-8-13(14)17-21(18,19)15-10-6-3-7-12(15)16/h3-10,17H,2,11H2,1H3. The van der Waals surface area contributed by atoms with Gasteiger partial charge < -0.3 is 4.74 Å². The quantitative estimate of drug-likeness (QED) is 0.875. The topological polar surface area (TPSA) is 55.4 Å². The van der Waals surface area contributed by atoms with Gasteiger partial charge in [0.15, 0.2) is 0 Å². The van der Waals surface area contributed by atoms with E-state index < -0.39 is 10.0 Å². The number of hydrogen-bond acceptors (Lipinski definition) is 3. The largest absolute Gasteiger partial charge is 0.491 e. The fourth-order valence-corrected chi connectivity index (χ4v) is 3.34. The minimum atomic E-state index is -3.75. The molecule has 0 aliphatic rings. The molecule has 0 amide bonds. The van der Waals surface area contributed by atoms with Gasteiger partial charge in [-0.2, -0.15) is 0 Å². The van der Waals surface area contributed by atoms with Gasteiger partial charge in [0, 0.05) is 0 Å². The lowest BCUT2D eigenvalue weighted by Crippen LogP contribution is -2.14. The summed E-state index contributed by atoms with van der Waals surface area (Å²) in [5.74, 6) is 0.495. The monoisotopic (exact) mass is 325 g/mol. The molecule has 0 bridgehead atoms. The van der Waals surface area contributed by atoms with Gasteiger partial charge in [-0.3, -0.25) is 4.72 Å². The molecule has 0 spiro atoms. The Bertz CT molecular complexity index is 716. The van der Waals surface area contributed by atoms with Crippen LogP contribution in [0.25, 0.3) is 0 Å². The van der Waals surface area contributed by atoms with Crippen molar-refractivity contribution in [2.24, 2.45) is 0 Å². The minimum absolute atomic E-state index is 0.0389. The van der Waals surface area contributed by atoms with E-state index in [1.807, 2.05) is 6.92 Å². The zero-order chi connectivity index (χ0) is 15.3. The molecule has 0 heterocycles. The minimum Gasteiger partial charge on any atom is -0.491 e. The van der Waals surface area contributed by atoms with E-state index in [2.05, 4.69) is 4.72 Å². The summed E-state index contributed by atoms with van der Waals surface area (Å²) < 4.78 is 32.8. The first kappa shape index (κ1) is 15.7. The van der Waals surface area contributed by atoms with E-state index in [9.17, 15) is 8.42 Å². The number of para-hydroxylation sites is 2. The van der Waals surface area contributed by atoms with Crippen LogP contribution in [0.1, 0.15) is 13.3 Å². The van der Waals surface area contributed by atoms with Crippen molar-refractivity contribution in [2.75, 3.05) is 11.3 Å². The molecule has 0 fully saturated rings. The lowest BCUT2D eigenvalue weighted by molar-refractivity contribution is 0.319. The Kier molecular flexibility index (Phi) is 5.09. The molecule has 2 aromatic carbocycles. The molecule has 0 unspecified atom stereocenters. The third kappa shape index (κ3) is 3.89. The Morgan fingerprint density at radius 3 is 2.48 bits per heavy atom. The number of ether oxygens (including phenoxy) is 1. The van der Waals surface area contributed by atoms with E-state index >= 15 is 0 Å². The summed E-state index contributed by atoms with van der Waals surface area (Å²) in [5, 5.41) is 0.178. The van der Waals surface area contributed by atoms with E-state index in [1.165, 1.54) is 12.1 Å². The smallest absolute Gasteiger partial charge is 0.263 e. The van der Waals surface area contributed by atoms with E-state index in [1.54, 1.807) is 36.4 Å². The number of sulfonamides is 1. The number of halogens is 1. The van der Waals surface area contributed by atoms with Crippen molar-refractivity contribution >= 4 is 27.3 Å². The zero-order valence-corrected chi connectivity index (χ0v) is 13.1. The molecular formula is C15H16ClNO3S. The summed E-state index contributed by atoms with van der Waals surface area (Å²) in [6, 6.07) is 13.2. The first-order valence-corrected chi connectivity index (χ1v) is 8.40. The molecule has 0 aliphatic carbocycles. The summed E-state index contributed by atoms with van der Waals surface area (Å²) in [5.41, 5.74) is 0.394. The lowest BCUT2D eigenvalue weighted by atomic mass is 10.3. The number of nitrogens with one attached hydrogen (secondary N) is 1. The van der Waals surface area contributed by atoms with Gasteiger partial charge in [0.25, 0.3) is 10.0 Å². The van der Waals surface area contributed by atoms with E-state index in [-0.39, 0.29) is 9.92 Å². The van der Waals surface area contributed by atoms with Crippen molar-refractivity contribution in [3.8, 4) is 5.75 Å². The van der Waals surface area contributed by atoms with Gasteiger partial charge in [-0.15, -0.1) is 0 Å². The Balaban J connectivity index is 2.31. The molecule has 2 aromatic rings. The van der Waals surface area contributed by atoms with Gasteiger partial charge in [0.05, 0.1) is 17.3 Å². The van der Waals surface area contributed by atoms with Crippen LogP contribution in [0.3, 0.4) is 0 Å². The number of rotatable bonds is 6. The normalized spacial score (nSPS) is 11.1. The lowest BCUT2D eigenvalue weighted by Gasteiger charge is -2.13. The fourth-order valence-electron chi connectivity index (χ4n) is 1.75. The number of hydrogen-bond donors (Lipinski definition) is 1. The first-order chi connectivity index (χ1) is 10.0. The highest BCUT2D eigenvalue weighted by Gasteiger charge is 2.19. The zero-order valence-electron chi connectivity index (χ0n) is 11.5. The van der Waals surface area contributed by atoms with Gasteiger partial charge in [0.2, 0.25) is 0 Å². The van der Waals surface area contributed by atoms with Crippen molar-refractivity contribution in [3.05, 3.63) is 53.6 Å². The van der Waals surface area contributed by atoms with Gasteiger partial charge in [-0.1, -0.05) is 42.8 Å². The molecule has 2 rings (SSSR count). The van der Waals surface area contributed by atoms with E-state index in [4.69, 9.17) is 16.3 Å². The Morgan fingerprint density at radius 2 is 1.76 bits per heavy atom. The van der Waals surface area contributed by atoms with Crippen LogP contribution in [-0.2, 0) is 10.0 Å². The summed E-state index contributed by atoms with van der Waals surface area (Å²) in [7, 11) is -3.75. The van der Waals surface area contributed by atoms with Crippen LogP contribution in [0.15, 0.2) is 53.4 Å². The van der Waals surface area contributed by atoms with Crippen LogP contribution in [0.5, 0.6) is 5.75 Å². The average molecular weight is 326 g/mol. The molecule has 0 aliphatic heterocycles. The summed E-state index contributed by atoms with van der Waals surface area (Å²) in [6.45, 7) is 2.50. The molecule has 1 N–H and O–H groups in total. The molecule has 21 heavy (non-hydrogen) atoms. The molecule has 0 saturated carbocycles. The maximum atomic E-state index is 12.4. The summed E-state index contributed by atoms with van der Waals surface area (Å²) in [6.07, 6.45) is 0.839. The Labute approximate surface area is 129 Å². The summed E-state index contributed by atoms with van der Waals surface area (Å²) >= 11 is 5.95. The third-order valence-electron chi connectivity index (χ3n) is 2.72. The molecule has 0 radical (unpaired) electrons. The van der Waals surface area contributed by atoms with Gasteiger partial charge in [-0.05, 0) is 30.7 Å². The maximum absolute atomic E-state index is 12.4. The predicted molar refractivity (Wildman–Crippen MR) is 84.5 cm³/mol. The second-order valence-electron chi connectivity index (χ2n) is 4.38. The molecule has 0 saturated heterocycles. The van der Waals surface area contributed by atoms with Crippen LogP contribution in [-0.4, -0.2) is 15.0 Å². The van der Waals surface area contributed by atoms with Crippen LogP contribution >= 0.6 is 11.6 Å². The molecule has 4 nitrogen and oxygen atoms in total. The highest BCUT2D eigenvalue weighted by Crippen LogP contribution is 2.28. The second kappa shape index (κ2) is 6.83. The van der Waals surface area contributed by atoms with Crippen molar-refractivity contribution in [3.63, 3.8) is 0 Å². The summed E-state index contributed by atoms with van der Waals surface area (Å²) in [4.78, 5) is 0.0389. The van der Waals surface area contributed by atoms with Crippen molar-refractivity contribution in [2.45, 2.75) is 18.2 Å². The predicted octanol–water partition coefficient (Wildman–Crippen LogP) is 3.93. The van der Waals surface area contributed by atoms with Crippen molar-refractivity contribution in [1.82, 2.24) is 0 Å². The molecule has 112 valence electrons. The first-order valence-electron chi connectivity index (χ1n) is 6.54. The second-order valence-corrected chi connectivity index (χ2v) is 6.44. The number of anilines is 1. The van der Waals surface area contributed by atoms with E-state index in [0.717, 1.165) is 6.42 Å². The molecular weight excluding hydrogens is 310 g/mol. The molecule has 6 heteroatoms. The fraction of sp³-hybridized carbons (Fsp3) is 0.200. The van der Waals surface area contributed by atoms with Crippen LogP contribution in [0.4, 0.5) is 5.69 Å². The van der Waals surface area contributed by atoms with Gasteiger partial charge in [-0.25, -0.2) is 8.42 Å². The van der Waals surface area contributed by atoms with Gasteiger partial charge in [0.1, 0.15) is 10.6 Å². The number of benzene rings is 2. The molecule has 0 atom stereocenters. The Hall–Kier alpha value is -1.72. The van der Waals surface area contributed by atoms with Crippen molar-refractivity contribution < 1.29 is 13.2 Å².